The Bertz CT molecular complexity index is 91.7. The number of rotatable bonds is 1. The van der Waals surface area contributed by atoms with Crippen molar-refractivity contribution >= 4 is 8.24 Å². The third-order valence-corrected chi connectivity index (χ3v) is 3.67. The SMILES string of the molecule is C[Si](C)(C)N1CCCN1. The molecule has 0 bridgehead atoms. The molecule has 1 N–H and O–H groups in total. The van der Waals surface area contributed by atoms with Crippen molar-refractivity contribution in [2.45, 2.75) is 26.1 Å². The first kappa shape index (κ1) is 7.25. The topological polar surface area (TPSA) is 15.3 Å². The third-order valence-electron chi connectivity index (χ3n) is 1.67. The van der Waals surface area contributed by atoms with Gasteiger partial charge in [-0.1, -0.05) is 19.6 Å². The lowest BCUT2D eigenvalue weighted by atomic mass is 10.5. The minimum absolute atomic E-state index is 1.00. The van der Waals surface area contributed by atoms with Crippen molar-refractivity contribution in [3.05, 3.63) is 0 Å². The summed E-state index contributed by atoms with van der Waals surface area (Å²) in [5.74, 6) is 0. The lowest BCUT2D eigenvalue weighted by Crippen LogP contribution is -2.49. The Hall–Kier alpha value is 0.137. The Kier molecular flexibility index (Phi) is 1.93. The molecule has 0 spiro atoms. The van der Waals surface area contributed by atoms with Crippen LogP contribution in [0.5, 0.6) is 0 Å². The summed E-state index contributed by atoms with van der Waals surface area (Å²) >= 11 is 0. The summed E-state index contributed by atoms with van der Waals surface area (Å²) in [7, 11) is -1.00. The number of hydrazine groups is 1. The molecule has 1 aliphatic rings. The molecule has 0 aromatic heterocycles. The monoisotopic (exact) mass is 144 g/mol. The summed E-state index contributed by atoms with van der Waals surface area (Å²) in [5.41, 5.74) is 3.39. The predicted octanol–water partition coefficient (Wildman–Crippen LogP) is 1.03. The Balaban J connectivity index is 2.42. The van der Waals surface area contributed by atoms with Gasteiger partial charge in [-0.05, 0) is 6.42 Å². The molecule has 2 nitrogen and oxygen atoms in total. The maximum absolute atomic E-state index is 3.39. The van der Waals surface area contributed by atoms with Crippen LogP contribution >= 0.6 is 0 Å². The minimum atomic E-state index is -1.00. The standard InChI is InChI=1S/C6H16N2Si/c1-9(2,3)8-6-4-5-7-8/h7H,4-6H2,1-3H3. The average Bonchev–Trinajstić information content (AvgIpc) is 2.08. The van der Waals surface area contributed by atoms with Gasteiger partial charge in [0.05, 0.1) is 0 Å². The fourth-order valence-electron chi connectivity index (χ4n) is 1.10. The molecule has 9 heavy (non-hydrogen) atoms. The molecule has 0 aliphatic carbocycles. The van der Waals surface area contributed by atoms with Gasteiger partial charge in [0.2, 0.25) is 0 Å². The van der Waals surface area contributed by atoms with Gasteiger partial charge in [0.15, 0.2) is 0 Å². The zero-order chi connectivity index (χ0) is 6.91. The van der Waals surface area contributed by atoms with Crippen LogP contribution < -0.4 is 5.43 Å². The van der Waals surface area contributed by atoms with Crippen LogP contribution in [-0.2, 0) is 0 Å². The molecule has 3 heteroatoms. The fourth-order valence-corrected chi connectivity index (χ4v) is 2.52. The van der Waals surface area contributed by atoms with E-state index in [1.807, 2.05) is 0 Å². The lowest BCUT2D eigenvalue weighted by molar-refractivity contribution is 0.408. The summed E-state index contributed by atoms with van der Waals surface area (Å²) in [6, 6.07) is 0. The van der Waals surface area contributed by atoms with E-state index in [0.717, 1.165) is 0 Å². The molecule has 1 aliphatic heterocycles. The zero-order valence-electron chi connectivity index (χ0n) is 6.57. The normalized spacial score (nSPS) is 23.0. The fraction of sp³-hybridized carbons (Fsp3) is 1.00. The van der Waals surface area contributed by atoms with Crippen LogP contribution in [0.1, 0.15) is 6.42 Å². The van der Waals surface area contributed by atoms with Gasteiger partial charge in [-0.3, -0.25) is 10.1 Å². The first-order chi connectivity index (χ1) is 4.11. The highest BCUT2D eigenvalue weighted by Crippen LogP contribution is 2.09. The molecule has 0 unspecified atom stereocenters. The van der Waals surface area contributed by atoms with Crippen LogP contribution in [0.4, 0.5) is 0 Å². The number of nitrogens with zero attached hydrogens (tertiary/aromatic N) is 1. The van der Waals surface area contributed by atoms with Crippen LogP contribution in [-0.4, -0.2) is 26.0 Å². The van der Waals surface area contributed by atoms with Crippen LogP contribution in [0.3, 0.4) is 0 Å². The van der Waals surface area contributed by atoms with E-state index in [4.69, 9.17) is 0 Å². The molecule has 0 atom stereocenters. The Labute approximate surface area is 58.3 Å². The molecule has 0 amide bonds. The maximum Gasteiger partial charge on any atom is 0.136 e. The summed E-state index contributed by atoms with van der Waals surface area (Å²) in [5, 5.41) is 0. The molecule has 0 aromatic carbocycles. The van der Waals surface area contributed by atoms with E-state index in [1.165, 1.54) is 19.5 Å². The lowest BCUT2D eigenvalue weighted by Gasteiger charge is -2.28. The van der Waals surface area contributed by atoms with Gasteiger partial charge in [-0.15, -0.1) is 0 Å². The van der Waals surface area contributed by atoms with Crippen molar-refractivity contribution in [3.63, 3.8) is 0 Å². The molecule has 1 heterocycles. The van der Waals surface area contributed by atoms with E-state index < -0.39 is 8.24 Å². The van der Waals surface area contributed by atoms with Gasteiger partial charge in [-0.2, -0.15) is 0 Å². The molecule has 1 rings (SSSR count). The molecule has 1 fully saturated rings. The Morgan fingerprint density at radius 1 is 1.33 bits per heavy atom. The van der Waals surface area contributed by atoms with Crippen LogP contribution in [0.25, 0.3) is 0 Å². The Morgan fingerprint density at radius 2 is 2.00 bits per heavy atom. The van der Waals surface area contributed by atoms with E-state index in [1.54, 1.807) is 0 Å². The first-order valence-electron chi connectivity index (χ1n) is 3.62. The summed E-state index contributed by atoms with van der Waals surface area (Å²) in [6.07, 6.45) is 1.32. The van der Waals surface area contributed by atoms with Gasteiger partial charge in [0.25, 0.3) is 0 Å². The zero-order valence-corrected chi connectivity index (χ0v) is 7.57. The summed E-state index contributed by atoms with van der Waals surface area (Å²) < 4.78 is 2.44. The maximum atomic E-state index is 3.39. The summed E-state index contributed by atoms with van der Waals surface area (Å²) in [6.45, 7) is 9.54. The van der Waals surface area contributed by atoms with Gasteiger partial charge >= 0.3 is 0 Å². The molecular formula is C6H16N2Si. The molecule has 54 valence electrons. The first-order valence-corrected chi connectivity index (χ1v) is 7.06. The minimum Gasteiger partial charge on any atom is -0.266 e. The van der Waals surface area contributed by atoms with Gasteiger partial charge in [0, 0.05) is 13.1 Å². The second kappa shape index (κ2) is 2.40. The average molecular weight is 144 g/mol. The van der Waals surface area contributed by atoms with Crippen molar-refractivity contribution < 1.29 is 0 Å². The number of hydrogen-bond donors (Lipinski definition) is 1. The van der Waals surface area contributed by atoms with Crippen LogP contribution in [0.15, 0.2) is 0 Å². The van der Waals surface area contributed by atoms with Crippen molar-refractivity contribution in [3.8, 4) is 0 Å². The quantitative estimate of drug-likeness (QED) is 0.553. The number of hydrogen-bond acceptors (Lipinski definition) is 2. The largest absolute Gasteiger partial charge is 0.266 e. The summed E-state index contributed by atoms with van der Waals surface area (Å²) in [4.78, 5) is 0. The van der Waals surface area contributed by atoms with Crippen LogP contribution in [0, 0.1) is 0 Å². The molecule has 0 aromatic rings. The highest BCUT2D eigenvalue weighted by Gasteiger charge is 2.25. The van der Waals surface area contributed by atoms with E-state index in [2.05, 4.69) is 29.7 Å². The van der Waals surface area contributed by atoms with Gasteiger partial charge in [-0.25, -0.2) is 0 Å². The predicted molar refractivity (Wildman–Crippen MR) is 42.7 cm³/mol. The molecule has 0 radical (unpaired) electrons. The third kappa shape index (κ3) is 1.78. The van der Waals surface area contributed by atoms with E-state index in [0.29, 0.717) is 0 Å². The van der Waals surface area contributed by atoms with Crippen molar-refractivity contribution in [1.29, 1.82) is 0 Å². The van der Waals surface area contributed by atoms with E-state index >= 15 is 0 Å². The van der Waals surface area contributed by atoms with Crippen molar-refractivity contribution in [2.24, 2.45) is 0 Å². The highest BCUT2D eigenvalue weighted by atomic mass is 28.3. The van der Waals surface area contributed by atoms with E-state index in [-0.39, 0.29) is 0 Å². The molecule has 1 saturated heterocycles. The second-order valence-corrected chi connectivity index (χ2v) is 8.47. The molecule has 0 saturated carbocycles. The second-order valence-electron chi connectivity index (χ2n) is 3.58. The van der Waals surface area contributed by atoms with Gasteiger partial charge < -0.3 is 0 Å². The van der Waals surface area contributed by atoms with Gasteiger partial charge in [0.1, 0.15) is 8.24 Å². The molecular weight excluding hydrogens is 128 g/mol. The smallest absolute Gasteiger partial charge is 0.136 e. The van der Waals surface area contributed by atoms with Crippen molar-refractivity contribution in [2.75, 3.05) is 13.1 Å². The van der Waals surface area contributed by atoms with E-state index in [9.17, 15) is 0 Å². The van der Waals surface area contributed by atoms with Crippen molar-refractivity contribution in [1.82, 2.24) is 10.1 Å². The highest BCUT2D eigenvalue weighted by molar-refractivity contribution is 6.73. The number of nitrogens with one attached hydrogen (secondary N) is 1. The Morgan fingerprint density at radius 3 is 2.22 bits per heavy atom. The van der Waals surface area contributed by atoms with Crippen LogP contribution in [0.2, 0.25) is 19.6 Å².